The maximum Gasteiger partial charge on any atom is 0.125 e. The maximum absolute atomic E-state index is 6.10. The third-order valence-corrected chi connectivity index (χ3v) is 4.99. The SMILES string of the molecule is Cc1ncc(C(C)NC[C@@H]2OCCN(C)[C@H]2c2cncn2C)c(C)n1. The molecule has 2 aromatic rings. The predicted octanol–water partition coefficient (Wildman–Crippen LogP) is 1.55. The van der Waals surface area contributed by atoms with E-state index in [4.69, 9.17) is 4.74 Å². The van der Waals surface area contributed by atoms with Crippen molar-refractivity contribution in [2.75, 3.05) is 26.7 Å². The summed E-state index contributed by atoms with van der Waals surface area (Å²) in [5, 5.41) is 3.60. The van der Waals surface area contributed by atoms with Crippen LogP contribution in [0.25, 0.3) is 0 Å². The van der Waals surface area contributed by atoms with Crippen LogP contribution in [-0.4, -0.2) is 57.3 Å². The Morgan fingerprint density at radius 3 is 2.80 bits per heavy atom. The molecule has 1 unspecified atom stereocenters. The van der Waals surface area contributed by atoms with Gasteiger partial charge in [-0.05, 0) is 27.8 Å². The Morgan fingerprint density at radius 2 is 2.12 bits per heavy atom. The molecule has 136 valence electrons. The fourth-order valence-corrected chi connectivity index (χ4v) is 3.52. The van der Waals surface area contributed by atoms with Crippen molar-refractivity contribution in [3.8, 4) is 0 Å². The molecule has 1 fully saturated rings. The van der Waals surface area contributed by atoms with Crippen LogP contribution in [0.3, 0.4) is 0 Å². The van der Waals surface area contributed by atoms with Gasteiger partial charge in [-0.1, -0.05) is 0 Å². The van der Waals surface area contributed by atoms with Crippen molar-refractivity contribution in [3.05, 3.63) is 41.5 Å². The minimum atomic E-state index is 0.0725. The highest BCUT2D eigenvalue weighted by Gasteiger charge is 2.33. The van der Waals surface area contributed by atoms with Crippen molar-refractivity contribution >= 4 is 0 Å². The number of ether oxygens (including phenoxy) is 1. The number of imidazole rings is 1. The number of morpholine rings is 1. The van der Waals surface area contributed by atoms with Gasteiger partial charge in [-0.25, -0.2) is 15.0 Å². The lowest BCUT2D eigenvalue weighted by Crippen LogP contribution is -2.48. The molecule has 25 heavy (non-hydrogen) atoms. The van der Waals surface area contributed by atoms with Crippen molar-refractivity contribution in [1.82, 2.24) is 29.7 Å². The number of aromatic nitrogens is 4. The van der Waals surface area contributed by atoms with Crippen LogP contribution in [0.5, 0.6) is 0 Å². The van der Waals surface area contributed by atoms with Crippen molar-refractivity contribution in [3.63, 3.8) is 0 Å². The third kappa shape index (κ3) is 3.89. The molecule has 0 aromatic carbocycles. The Kier molecular flexibility index (Phi) is 5.46. The standard InChI is InChI=1S/C18H28N6O/c1-12(15-8-21-14(3)22-13(15)2)20-10-17-18(23(4)6-7-25-17)16-9-19-11-24(16)5/h8-9,11-12,17-18,20H,6-7,10H2,1-5H3/t12?,17-,18-/m0/s1. The van der Waals surface area contributed by atoms with E-state index >= 15 is 0 Å². The summed E-state index contributed by atoms with van der Waals surface area (Å²) in [6, 6.07) is 0.361. The molecule has 1 aliphatic rings. The van der Waals surface area contributed by atoms with E-state index in [1.807, 2.05) is 39.6 Å². The average Bonchev–Trinajstić information content (AvgIpc) is 2.98. The van der Waals surface area contributed by atoms with Crippen molar-refractivity contribution in [2.24, 2.45) is 7.05 Å². The van der Waals surface area contributed by atoms with E-state index in [9.17, 15) is 0 Å². The Morgan fingerprint density at radius 1 is 1.32 bits per heavy atom. The van der Waals surface area contributed by atoms with Crippen LogP contribution in [-0.2, 0) is 11.8 Å². The van der Waals surface area contributed by atoms with E-state index in [-0.39, 0.29) is 18.2 Å². The molecular formula is C18H28N6O. The van der Waals surface area contributed by atoms with E-state index in [0.717, 1.165) is 36.8 Å². The zero-order valence-corrected chi connectivity index (χ0v) is 15.7. The van der Waals surface area contributed by atoms with E-state index in [1.165, 1.54) is 5.69 Å². The maximum atomic E-state index is 6.10. The minimum Gasteiger partial charge on any atom is -0.374 e. The van der Waals surface area contributed by atoms with Gasteiger partial charge in [-0.15, -0.1) is 0 Å². The lowest BCUT2D eigenvalue weighted by atomic mass is 10.0. The Labute approximate surface area is 149 Å². The monoisotopic (exact) mass is 344 g/mol. The molecule has 1 saturated heterocycles. The van der Waals surface area contributed by atoms with E-state index in [1.54, 1.807) is 0 Å². The topological polar surface area (TPSA) is 68.1 Å². The van der Waals surface area contributed by atoms with Gasteiger partial charge in [-0.3, -0.25) is 4.90 Å². The molecule has 2 aromatic heterocycles. The molecule has 1 aliphatic heterocycles. The van der Waals surface area contributed by atoms with Gasteiger partial charge in [0, 0.05) is 49.8 Å². The Balaban J connectivity index is 1.71. The van der Waals surface area contributed by atoms with Crippen molar-refractivity contribution < 1.29 is 4.74 Å². The van der Waals surface area contributed by atoms with Crippen molar-refractivity contribution in [2.45, 2.75) is 39.0 Å². The van der Waals surface area contributed by atoms with E-state index < -0.39 is 0 Å². The summed E-state index contributed by atoms with van der Waals surface area (Å²) in [6.07, 6.45) is 5.77. The molecule has 7 heteroatoms. The number of hydrogen-bond acceptors (Lipinski definition) is 6. The fourth-order valence-electron chi connectivity index (χ4n) is 3.52. The van der Waals surface area contributed by atoms with E-state index in [0.29, 0.717) is 0 Å². The number of aryl methyl sites for hydroxylation is 3. The van der Waals surface area contributed by atoms with Crippen LogP contribution in [0.15, 0.2) is 18.7 Å². The second-order valence-electron chi connectivity index (χ2n) is 6.85. The second-order valence-corrected chi connectivity index (χ2v) is 6.85. The summed E-state index contributed by atoms with van der Waals surface area (Å²) in [6.45, 7) is 8.52. The van der Waals surface area contributed by atoms with Crippen LogP contribution in [0, 0.1) is 13.8 Å². The highest BCUT2D eigenvalue weighted by molar-refractivity contribution is 5.20. The van der Waals surface area contributed by atoms with Crippen LogP contribution < -0.4 is 5.32 Å². The predicted molar refractivity (Wildman–Crippen MR) is 96.2 cm³/mol. The zero-order chi connectivity index (χ0) is 18.0. The molecule has 1 N–H and O–H groups in total. The Hall–Kier alpha value is -1.83. The molecular weight excluding hydrogens is 316 g/mol. The fraction of sp³-hybridized carbons (Fsp3) is 0.611. The number of hydrogen-bond donors (Lipinski definition) is 1. The Bertz CT molecular complexity index is 715. The van der Waals surface area contributed by atoms with Gasteiger partial charge >= 0.3 is 0 Å². The molecule has 0 saturated carbocycles. The summed E-state index contributed by atoms with van der Waals surface area (Å²) in [4.78, 5) is 15.4. The van der Waals surface area contributed by atoms with Gasteiger partial charge < -0.3 is 14.6 Å². The van der Waals surface area contributed by atoms with Gasteiger partial charge in [-0.2, -0.15) is 0 Å². The summed E-state index contributed by atoms with van der Waals surface area (Å²) in [5.74, 6) is 0.807. The first-order chi connectivity index (χ1) is 12.0. The lowest BCUT2D eigenvalue weighted by Gasteiger charge is -2.39. The third-order valence-electron chi connectivity index (χ3n) is 4.99. The number of nitrogens with zero attached hydrogens (tertiary/aromatic N) is 5. The second kappa shape index (κ2) is 7.59. The first-order valence-corrected chi connectivity index (χ1v) is 8.79. The zero-order valence-electron chi connectivity index (χ0n) is 15.7. The number of nitrogens with one attached hydrogen (secondary N) is 1. The molecule has 3 atom stereocenters. The summed E-state index contributed by atoms with van der Waals surface area (Å²) >= 11 is 0. The van der Waals surface area contributed by atoms with Crippen molar-refractivity contribution in [1.29, 1.82) is 0 Å². The number of rotatable bonds is 5. The largest absolute Gasteiger partial charge is 0.374 e. The van der Waals surface area contributed by atoms with Gasteiger partial charge in [0.2, 0.25) is 0 Å². The summed E-state index contributed by atoms with van der Waals surface area (Å²) in [7, 11) is 4.18. The highest BCUT2D eigenvalue weighted by Crippen LogP contribution is 2.28. The number of likely N-dealkylation sites (N-methyl/N-ethyl adjacent to an activating group) is 1. The van der Waals surface area contributed by atoms with Gasteiger partial charge in [0.15, 0.2) is 0 Å². The molecule has 0 amide bonds. The van der Waals surface area contributed by atoms with Crippen LogP contribution in [0.2, 0.25) is 0 Å². The molecule has 0 spiro atoms. The van der Waals surface area contributed by atoms with Gasteiger partial charge in [0.05, 0.1) is 30.8 Å². The van der Waals surface area contributed by atoms with Gasteiger partial charge in [0.1, 0.15) is 5.82 Å². The molecule has 0 bridgehead atoms. The normalized spacial score (nSPS) is 22.9. The van der Waals surface area contributed by atoms with Crippen LogP contribution in [0.4, 0.5) is 0 Å². The minimum absolute atomic E-state index is 0.0725. The molecule has 3 rings (SSSR count). The average molecular weight is 344 g/mol. The van der Waals surface area contributed by atoms with E-state index in [2.05, 4.69) is 43.7 Å². The van der Waals surface area contributed by atoms with Crippen LogP contribution >= 0.6 is 0 Å². The molecule has 7 nitrogen and oxygen atoms in total. The smallest absolute Gasteiger partial charge is 0.125 e. The van der Waals surface area contributed by atoms with Gasteiger partial charge in [0.25, 0.3) is 0 Å². The molecule has 0 aliphatic carbocycles. The molecule has 3 heterocycles. The summed E-state index contributed by atoms with van der Waals surface area (Å²) < 4.78 is 8.17. The quantitative estimate of drug-likeness (QED) is 0.888. The molecule has 0 radical (unpaired) electrons. The summed E-state index contributed by atoms with van der Waals surface area (Å²) in [5.41, 5.74) is 3.33. The lowest BCUT2D eigenvalue weighted by molar-refractivity contribution is -0.0643. The first kappa shape index (κ1) is 18.0. The first-order valence-electron chi connectivity index (χ1n) is 8.79. The van der Waals surface area contributed by atoms with Crippen LogP contribution in [0.1, 0.15) is 41.8 Å². The highest BCUT2D eigenvalue weighted by atomic mass is 16.5.